The van der Waals surface area contributed by atoms with Gasteiger partial charge in [0, 0.05) is 31.8 Å². The third-order valence-corrected chi connectivity index (χ3v) is 3.47. The van der Waals surface area contributed by atoms with Crippen molar-refractivity contribution in [1.82, 2.24) is 10.3 Å². The number of nitrogens with one attached hydrogen (secondary N) is 1. The molecule has 0 amide bonds. The number of ether oxygens (including phenoxy) is 2. The molecular weight excluding hydrogens is 252 g/mol. The summed E-state index contributed by atoms with van der Waals surface area (Å²) in [4.78, 5) is 4.26. The van der Waals surface area contributed by atoms with Crippen molar-refractivity contribution in [2.45, 2.75) is 52.2 Å². The predicted molar refractivity (Wildman–Crippen MR) is 82.1 cm³/mol. The number of aromatic nitrogens is 1. The molecule has 1 aromatic rings. The minimum Gasteiger partial charge on any atom is -0.478 e. The Kier molecular flexibility index (Phi) is 6.96. The fourth-order valence-electron chi connectivity index (χ4n) is 1.76. The molecule has 1 heterocycles. The first kappa shape index (κ1) is 16.9. The van der Waals surface area contributed by atoms with Crippen molar-refractivity contribution in [3.63, 3.8) is 0 Å². The molecule has 1 atom stereocenters. The number of methoxy groups -OCH3 is 1. The van der Waals surface area contributed by atoms with Crippen LogP contribution in [0.3, 0.4) is 0 Å². The molecule has 114 valence electrons. The number of rotatable bonds is 9. The molecule has 0 fully saturated rings. The first-order valence-electron chi connectivity index (χ1n) is 7.36. The summed E-state index contributed by atoms with van der Waals surface area (Å²) in [7, 11) is 1.72. The van der Waals surface area contributed by atoms with E-state index in [1.807, 2.05) is 12.1 Å². The molecule has 0 saturated heterocycles. The van der Waals surface area contributed by atoms with Gasteiger partial charge in [-0.3, -0.25) is 0 Å². The minimum absolute atomic E-state index is 0.159. The van der Waals surface area contributed by atoms with E-state index in [4.69, 9.17) is 9.47 Å². The summed E-state index contributed by atoms with van der Waals surface area (Å²) in [5.74, 6) is 0.680. The SMILES string of the molecule is CCCNC(C)c1ccnc(OCCC(C)(C)OC)c1. The summed E-state index contributed by atoms with van der Waals surface area (Å²) in [5.41, 5.74) is 1.04. The summed E-state index contributed by atoms with van der Waals surface area (Å²) in [5, 5.41) is 3.46. The van der Waals surface area contributed by atoms with Crippen LogP contribution in [0.15, 0.2) is 18.3 Å². The van der Waals surface area contributed by atoms with Gasteiger partial charge in [-0.1, -0.05) is 6.92 Å². The van der Waals surface area contributed by atoms with Crippen molar-refractivity contribution < 1.29 is 9.47 Å². The van der Waals surface area contributed by atoms with E-state index in [0.717, 1.165) is 19.4 Å². The Balaban J connectivity index is 2.51. The number of hydrogen-bond acceptors (Lipinski definition) is 4. The molecule has 1 rings (SSSR count). The van der Waals surface area contributed by atoms with Gasteiger partial charge in [-0.15, -0.1) is 0 Å². The van der Waals surface area contributed by atoms with Crippen LogP contribution in [0.2, 0.25) is 0 Å². The van der Waals surface area contributed by atoms with E-state index in [9.17, 15) is 0 Å². The Morgan fingerprint density at radius 2 is 2.15 bits per heavy atom. The van der Waals surface area contributed by atoms with Crippen LogP contribution in [-0.2, 0) is 4.74 Å². The molecule has 4 heteroatoms. The summed E-state index contributed by atoms with van der Waals surface area (Å²) >= 11 is 0. The normalized spacial score (nSPS) is 13.2. The lowest BCUT2D eigenvalue weighted by atomic mass is 10.1. The topological polar surface area (TPSA) is 43.4 Å². The monoisotopic (exact) mass is 280 g/mol. The lowest BCUT2D eigenvalue weighted by Gasteiger charge is -2.22. The molecule has 0 aromatic carbocycles. The Morgan fingerprint density at radius 3 is 2.80 bits per heavy atom. The smallest absolute Gasteiger partial charge is 0.213 e. The van der Waals surface area contributed by atoms with Crippen LogP contribution >= 0.6 is 0 Å². The number of nitrogens with zero attached hydrogens (tertiary/aromatic N) is 1. The van der Waals surface area contributed by atoms with Gasteiger partial charge in [-0.05, 0) is 45.4 Å². The second-order valence-corrected chi connectivity index (χ2v) is 5.67. The Bertz CT molecular complexity index is 394. The summed E-state index contributed by atoms with van der Waals surface area (Å²) in [6.07, 6.45) is 3.76. The van der Waals surface area contributed by atoms with Gasteiger partial charge in [-0.25, -0.2) is 4.98 Å². The van der Waals surface area contributed by atoms with Gasteiger partial charge in [0.25, 0.3) is 0 Å². The molecule has 0 aliphatic rings. The highest BCUT2D eigenvalue weighted by Gasteiger charge is 2.16. The van der Waals surface area contributed by atoms with Crippen LogP contribution in [0.25, 0.3) is 0 Å². The average molecular weight is 280 g/mol. The maximum absolute atomic E-state index is 5.72. The molecule has 1 aromatic heterocycles. The van der Waals surface area contributed by atoms with Gasteiger partial charge in [0.05, 0.1) is 12.2 Å². The van der Waals surface area contributed by atoms with Crippen molar-refractivity contribution in [1.29, 1.82) is 0 Å². The van der Waals surface area contributed by atoms with Gasteiger partial charge in [-0.2, -0.15) is 0 Å². The summed E-state index contributed by atoms with van der Waals surface area (Å²) in [6, 6.07) is 4.35. The standard InChI is InChI=1S/C16H28N2O2/c1-6-9-17-13(2)14-7-10-18-15(12-14)20-11-8-16(3,4)19-5/h7,10,12-13,17H,6,8-9,11H2,1-5H3. The van der Waals surface area contributed by atoms with Crippen molar-refractivity contribution in [2.24, 2.45) is 0 Å². The van der Waals surface area contributed by atoms with Crippen LogP contribution < -0.4 is 10.1 Å². The fraction of sp³-hybridized carbons (Fsp3) is 0.688. The van der Waals surface area contributed by atoms with E-state index >= 15 is 0 Å². The lowest BCUT2D eigenvalue weighted by Crippen LogP contribution is -2.25. The van der Waals surface area contributed by atoms with Gasteiger partial charge >= 0.3 is 0 Å². The molecule has 4 nitrogen and oxygen atoms in total. The largest absolute Gasteiger partial charge is 0.478 e. The fourth-order valence-corrected chi connectivity index (χ4v) is 1.76. The second kappa shape index (κ2) is 8.22. The zero-order chi connectivity index (χ0) is 15.0. The molecule has 0 aliphatic carbocycles. The average Bonchev–Trinajstić information content (AvgIpc) is 2.45. The zero-order valence-electron chi connectivity index (χ0n) is 13.4. The quantitative estimate of drug-likeness (QED) is 0.753. The first-order valence-corrected chi connectivity index (χ1v) is 7.36. The maximum Gasteiger partial charge on any atom is 0.213 e. The molecule has 20 heavy (non-hydrogen) atoms. The van der Waals surface area contributed by atoms with Crippen molar-refractivity contribution in [2.75, 3.05) is 20.3 Å². The van der Waals surface area contributed by atoms with Crippen LogP contribution in [0, 0.1) is 0 Å². The summed E-state index contributed by atoms with van der Waals surface area (Å²) in [6.45, 7) is 10.0. The van der Waals surface area contributed by atoms with Gasteiger partial charge < -0.3 is 14.8 Å². The first-order chi connectivity index (χ1) is 9.48. The van der Waals surface area contributed by atoms with E-state index < -0.39 is 0 Å². The van der Waals surface area contributed by atoms with E-state index in [-0.39, 0.29) is 5.60 Å². The van der Waals surface area contributed by atoms with Gasteiger partial charge in [0.1, 0.15) is 0 Å². The Labute approximate surface area is 122 Å². The molecular formula is C16H28N2O2. The van der Waals surface area contributed by atoms with Crippen LogP contribution in [0.5, 0.6) is 5.88 Å². The van der Waals surface area contributed by atoms with Crippen molar-refractivity contribution >= 4 is 0 Å². The summed E-state index contributed by atoms with van der Waals surface area (Å²) < 4.78 is 11.1. The molecule has 1 unspecified atom stereocenters. The van der Waals surface area contributed by atoms with Crippen LogP contribution in [-0.4, -0.2) is 30.8 Å². The zero-order valence-corrected chi connectivity index (χ0v) is 13.4. The third kappa shape index (κ3) is 5.88. The molecule has 1 N–H and O–H groups in total. The Morgan fingerprint density at radius 1 is 1.40 bits per heavy atom. The molecule has 0 radical (unpaired) electrons. The van der Waals surface area contributed by atoms with E-state index in [1.54, 1.807) is 13.3 Å². The highest BCUT2D eigenvalue weighted by molar-refractivity contribution is 5.23. The minimum atomic E-state index is -0.159. The maximum atomic E-state index is 5.72. The van der Waals surface area contributed by atoms with E-state index in [2.05, 4.69) is 38.0 Å². The van der Waals surface area contributed by atoms with E-state index in [1.165, 1.54) is 5.56 Å². The lowest BCUT2D eigenvalue weighted by molar-refractivity contribution is 0.00508. The number of pyridine rings is 1. The molecule has 0 saturated carbocycles. The van der Waals surface area contributed by atoms with E-state index in [0.29, 0.717) is 18.5 Å². The highest BCUT2D eigenvalue weighted by atomic mass is 16.5. The highest BCUT2D eigenvalue weighted by Crippen LogP contribution is 2.18. The van der Waals surface area contributed by atoms with Gasteiger partial charge in [0.15, 0.2) is 0 Å². The van der Waals surface area contributed by atoms with Crippen LogP contribution in [0.1, 0.15) is 52.1 Å². The van der Waals surface area contributed by atoms with Crippen molar-refractivity contribution in [3.8, 4) is 5.88 Å². The van der Waals surface area contributed by atoms with Crippen molar-refractivity contribution in [3.05, 3.63) is 23.9 Å². The molecule has 0 aliphatic heterocycles. The second-order valence-electron chi connectivity index (χ2n) is 5.67. The third-order valence-electron chi connectivity index (χ3n) is 3.47. The molecule has 0 bridgehead atoms. The molecule has 0 spiro atoms. The number of hydrogen-bond donors (Lipinski definition) is 1. The van der Waals surface area contributed by atoms with Crippen LogP contribution in [0.4, 0.5) is 0 Å². The Hall–Kier alpha value is -1.13. The van der Waals surface area contributed by atoms with Gasteiger partial charge in [0.2, 0.25) is 5.88 Å². The predicted octanol–water partition coefficient (Wildman–Crippen LogP) is 3.34.